The monoisotopic (exact) mass is 211 g/mol. The molecule has 0 aromatic carbocycles. The van der Waals surface area contributed by atoms with Crippen molar-refractivity contribution in [2.45, 2.75) is 39.7 Å². The van der Waals surface area contributed by atoms with E-state index in [9.17, 15) is 0 Å². The number of nitriles is 1. The number of nitrogens with zero attached hydrogens (tertiary/aromatic N) is 2. The van der Waals surface area contributed by atoms with E-state index in [4.69, 9.17) is 5.26 Å². The van der Waals surface area contributed by atoms with Crippen molar-refractivity contribution in [2.75, 3.05) is 26.7 Å². The highest BCUT2D eigenvalue weighted by Gasteiger charge is 2.11. The molecule has 2 unspecified atom stereocenters. The zero-order chi connectivity index (χ0) is 11.7. The van der Waals surface area contributed by atoms with Crippen molar-refractivity contribution >= 4 is 0 Å². The molecule has 0 fully saturated rings. The van der Waals surface area contributed by atoms with E-state index in [1.54, 1.807) is 0 Å². The molecule has 3 nitrogen and oxygen atoms in total. The lowest BCUT2D eigenvalue weighted by atomic mass is 10.1. The van der Waals surface area contributed by atoms with Gasteiger partial charge in [0, 0.05) is 13.1 Å². The van der Waals surface area contributed by atoms with Crippen LogP contribution in [0, 0.1) is 17.2 Å². The highest BCUT2D eigenvalue weighted by Crippen LogP contribution is 2.02. The Kier molecular flexibility index (Phi) is 8.35. The van der Waals surface area contributed by atoms with Gasteiger partial charge in [-0.2, -0.15) is 5.26 Å². The highest BCUT2D eigenvalue weighted by molar-refractivity contribution is 4.91. The first-order chi connectivity index (χ1) is 7.13. The van der Waals surface area contributed by atoms with Gasteiger partial charge in [-0.25, -0.2) is 0 Å². The normalized spacial score (nSPS) is 14.9. The Balaban J connectivity index is 3.80. The van der Waals surface area contributed by atoms with E-state index in [-0.39, 0.29) is 6.04 Å². The molecule has 3 heteroatoms. The van der Waals surface area contributed by atoms with Gasteiger partial charge in [-0.05, 0) is 25.9 Å². The van der Waals surface area contributed by atoms with Crippen LogP contribution >= 0.6 is 0 Å². The van der Waals surface area contributed by atoms with Crippen molar-refractivity contribution < 1.29 is 0 Å². The third-order valence-corrected chi connectivity index (χ3v) is 2.61. The van der Waals surface area contributed by atoms with E-state index in [0.717, 1.165) is 26.1 Å². The third kappa shape index (κ3) is 7.35. The Bertz CT molecular complexity index is 186. The standard InChI is InChI=1S/C12H25N3/c1-5-7-14-12(8-13)10-15(4)9-11(3)6-2/h11-12,14H,5-7,9-10H2,1-4H3. The van der Waals surface area contributed by atoms with Crippen LogP contribution in [0.4, 0.5) is 0 Å². The van der Waals surface area contributed by atoms with Crippen molar-refractivity contribution in [1.82, 2.24) is 10.2 Å². The van der Waals surface area contributed by atoms with Gasteiger partial charge in [0.1, 0.15) is 6.04 Å². The van der Waals surface area contributed by atoms with E-state index in [0.29, 0.717) is 5.92 Å². The molecule has 0 amide bonds. The number of hydrogen-bond acceptors (Lipinski definition) is 3. The fourth-order valence-electron chi connectivity index (χ4n) is 1.52. The van der Waals surface area contributed by atoms with Crippen molar-refractivity contribution in [3.05, 3.63) is 0 Å². The van der Waals surface area contributed by atoms with Crippen LogP contribution in [0.1, 0.15) is 33.6 Å². The maximum Gasteiger partial charge on any atom is 0.108 e. The van der Waals surface area contributed by atoms with Gasteiger partial charge in [-0.15, -0.1) is 0 Å². The summed E-state index contributed by atoms with van der Waals surface area (Å²) in [5, 5.41) is 12.2. The number of hydrogen-bond donors (Lipinski definition) is 1. The molecular weight excluding hydrogens is 186 g/mol. The molecule has 0 aliphatic heterocycles. The molecule has 0 saturated carbocycles. The molecule has 0 aromatic heterocycles. The Labute approximate surface area is 94.5 Å². The van der Waals surface area contributed by atoms with Crippen LogP contribution in [-0.2, 0) is 0 Å². The number of likely N-dealkylation sites (N-methyl/N-ethyl adjacent to an activating group) is 1. The summed E-state index contributed by atoms with van der Waals surface area (Å²) in [7, 11) is 2.09. The van der Waals surface area contributed by atoms with Crippen molar-refractivity contribution in [3.63, 3.8) is 0 Å². The largest absolute Gasteiger partial charge is 0.303 e. The lowest BCUT2D eigenvalue weighted by molar-refractivity contribution is 0.267. The molecule has 0 spiro atoms. The number of nitrogens with one attached hydrogen (secondary N) is 1. The quantitative estimate of drug-likeness (QED) is 0.666. The van der Waals surface area contributed by atoms with Crippen LogP contribution in [0.5, 0.6) is 0 Å². The molecule has 0 saturated heterocycles. The summed E-state index contributed by atoms with van der Waals surface area (Å²) in [6.45, 7) is 9.38. The van der Waals surface area contributed by atoms with Crippen LogP contribution in [0.3, 0.4) is 0 Å². The maximum atomic E-state index is 8.95. The summed E-state index contributed by atoms with van der Waals surface area (Å²) in [4.78, 5) is 2.24. The van der Waals surface area contributed by atoms with E-state index in [1.807, 2.05) is 0 Å². The molecule has 88 valence electrons. The van der Waals surface area contributed by atoms with E-state index in [1.165, 1.54) is 6.42 Å². The van der Waals surface area contributed by atoms with E-state index in [2.05, 4.69) is 44.1 Å². The first-order valence-electron chi connectivity index (χ1n) is 5.95. The van der Waals surface area contributed by atoms with Crippen molar-refractivity contribution in [3.8, 4) is 6.07 Å². The summed E-state index contributed by atoms with van der Waals surface area (Å²) in [5.41, 5.74) is 0. The second-order valence-corrected chi connectivity index (χ2v) is 4.37. The van der Waals surface area contributed by atoms with Gasteiger partial charge < -0.3 is 10.2 Å². The minimum Gasteiger partial charge on any atom is -0.303 e. The fraction of sp³-hybridized carbons (Fsp3) is 0.917. The van der Waals surface area contributed by atoms with Gasteiger partial charge in [-0.1, -0.05) is 27.2 Å². The van der Waals surface area contributed by atoms with Crippen LogP contribution in [0.25, 0.3) is 0 Å². The molecular formula is C12H25N3. The van der Waals surface area contributed by atoms with Gasteiger partial charge in [0.05, 0.1) is 6.07 Å². The predicted octanol–water partition coefficient (Wildman–Crippen LogP) is 1.86. The molecule has 0 bridgehead atoms. The predicted molar refractivity (Wildman–Crippen MR) is 64.6 cm³/mol. The topological polar surface area (TPSA) is 39.1 Å². The first-order valence-corrected chi connectivity index (χ1v) is 5.95. The third-order valence-electron chi connectivity index (χ3n) is 2.61. The van der Waals surface area contributed by atoms with Crippen LogP contribution in [0.15, 0.2) is 0 Å². The summed E-state index contributed by atoms with van der Waals surface area (Å²) >= 11 is 0. The molecule has 0 aliphatic rings. The van der Waals surface area contributed by atoms with E-state index >= 15 is 0 Å². The minimum absolute atomic E-state index is 0.0287. The summed E-state index contributed by atoms with van der Waals surface area (Å²) in [6.07, 6.45) is 2.28. The minimum atomic E-state index is -0.0287. The summed E-state index contributed by atoms with van der Waals surface area (Å²) in [6, 6.07) is 2.28. The maximum absolute atomic E-state index is 8.95. The van der Waals surface area contributed by atoms with Crippen LogP contribution < -0.4 is 5.32 Å². The molecule has 0 aromatic rings. The Morgan fingerprint density at radius 2 is 2.00 bits per heavy atom. The van der Waals surface area contributed by atoms with Gasteiger partial charge in [-0.3, -0.25) is 0 Å². The first kappa shape index (κ1) is 14.4. The average Bonchev–Trinajstić information content (AvgIpc) is 2.23. The zero-order valence-corrected chi connectivity index (χ0v) is 10.6. The highest BCUT2D eigenvalue weighted by atomic mass is 15.1. The molecule has 0 radical (unpaired) electrons. The lowest BCUT2D eigenvalue weighted by Gasteiger charge is -2.23. The molecule has 1 N–H and O–H groups in total. The summed E-state index contributed by atoms with van der Waals surface area (Å²) in [5.74, 6) is 0.709. The zero-order valence-electron chi connectivity index (χ0n) is 10.6. The van der Waals surface area contributed by atoms with Crippen molar-refractivity contribution in [2.24, 2.45) is 5.92 Å². The Hall–Kier alpha value is -0.590. The second-order valence-electron chi connectivity index (χ2n) is 4.37. The van der Waals surface area contributed by atoms with Gasteiger partial charge in [0.15, 0.2) is 0 Å². The smallest absolute Gasteiger partial charge is 0.108 e. The number of rotatable bonds is 8. The molecule has 0 aliphatic carbocycles. The Morgan fingerprint density at radius 1 is 1.33 bits per heavy atom. The van der Waals surface area contributed by atoms with Gasteiger partial charge >= 0.3 is 0 Å². The fourth-order valence-corrected chi connectivity index (χ4v) is 1.52. The lowest BCUT2D eigenvalue weighted by Crippen LogP contribution is -2.40. The molecule has 2 atom stereocenters. The molecule has 0 heterocycles. The summed E-state index contributed by atoms with van der Waals surface area (Å²) < 4.78 is 0. The van der Waals surface area contributed by atoms with E-state index < -0.39 is 0 Å². The molecule has 0 rings (SSSR count). The Morgan fingerprint density at radius 3 is 2.47 bits per heavy atom. The molecule has 15 heavy (non-hydrogen) atoms. The second kappa shape index (κ2) is 8.70. The SMILES string of the molecule is CCCNC(C#N)CN(C)CC(C)CC. The van der Waals surface area contributed by atoms with Gasteiger partial charge in [0.25, 0.3) is 0 Å². The average molecular weight is 211 g/mol. The van der Waals surface area contributed by atoms with Crippen LogP contribution in [-0.4, -0.2) is 37.6 Å². The van der Waals surface area contributed by atoms with Crippen molar-refractivity contribution in [1.29, 1.82) is 5.26 Å². The van der Waals surface area contributed by atoms with Crippen LogP contribution in [0.2, 0.25) is 0 Å². The van der Waals surface area contributed by atoms with Gasteiger partial charge in [0.2, 0.25) is 0 Å².